The highest BCUT2D eigenvalue weighted by Crippen LogP contribution is 2.26. The van der Waals surface area contributed by atoms with E-state index in [4.69, 9.17) is 11.6 Å². The van der Waals surface area contributed by atoms with Crippen molar-refractivity contribution in [2.45, 2.75) is 25.8 Å². The van der Waals surface area contributed by atoms with E-state index in [1.807, 2.05) is 0 Å². The zero-order valence-corrected chi connectivity index (χ0v) is 11.5. The number of rotatable bonds is 4. The van der Waals surface area contributed by atoms with E-state index in [0.717, 1.165) is 25.9 Å². The summed E-state index contributed by atoms with van der Waals surface area (Å²) in [5.74, 6) is 1.02. The van der Waals surface area contributed by atoms with Crippen LogP contribution in [0.1, 0.15) is 19.8 Å². The van der Waals surface area contributed by atoms with Gasteiger partial charge in [0.1, 0.15) is 12.0 Å². The van der Waals surface area contributed by atoms with Gasteiger partial charge in [-0.15, -0.1) is 0 Å². The monoisotopic (exact) mass is 284 g/mol. The molecule has 0 amide bonds. The largest absolute Gasteiger partial charge is 0.366 e. The number of halogens is 1. The van der Waals surface area contributed by atoms with Gasteiger partial charge < -0.3 is 10.6 Å². The summed E-state index contributed by atoms with van der Waals surface area (Å²) in [5.41, 5.74) is -0.0949. The molecule has 19 heavy (non-hydrogen) atoms. The fraction of sp³-hybridized carbons (Fsp3) is 0.583. The molecule has 7 heteroatoms. The van der Waals surface area contributed by atoms with Crippen molar-refractivity contribution in [2.24, 2.45) is 5.92 Å². The molecule has 1 aromatic rings. The Hall–Kier alpha value is -1.40. The predicted molar refractivity (Wildman–Crippen MR) is 74.6 cm³/mol. The second-order valence-corrected chi connectivity index (χ2v) is 5.23. The molecule has 0 aliphatic carbocycles. The van der Waals surface area contributed by atoms with Crippen molar-refractivity contribution in [3.8, 4) is 0 Å². The first-order valence-electron chi connectivity index (χ1n) is 6.35. The molecule has 1 aromatic heterocycles. The first kappa shape index (κ1) is 14.0. The van der Waals surface area contributed by atoms with E-state index >= 15 is 0 Å². The first-order valence-corrected chi connectivity index (χ1v) is 6.73. The molecule has 0 radical (unpaired) electrons. The van der Waals surface area contributed by atoms with Gasteiger partial charge in [-0.25, -0.2) is 4.98 Å². The van der Waals surface area contributed by atoms with Gasteiger partial charge in [-0.2, -0.15) is 0 Å². The lowest BCUT2D eigenvalue weighted by atomic mass is 9.93. The van der Waals surface area contributed by atoms with Gasteiger partial charge in [0.15, 0.2) is 0 Å². The molecule has 0 aromatic carbocycles. The molecule has 2 atom stereocenters. The van der Waals surface area contributed by atoms with Crippen LogP contribution in [0.3, 0.4) is 0 Å². The summed E-state index contributed by atoms with van der Waals surface area (Å²) in [6, 6.07) is 1.54. The minimum Gasteiger partial charge on any atom is -0.366 e. The molecule has 2 unspecified atom stereocenters. The molecule has 0 bridgehead atoms. The third-order valence-electron chi connectivity index (χ3n) is 3.44. The Kier molecular flexibility index (Phi) is 4.55. The van der Waals surface area contributed by atoms with E-state index in [1.54, 1.807) is 0 Å². The van der Waals surface area contributed by atoms with Crippen molar-refractivity contribution in [1.29, 1.82) is 0 Å². The van der Waals surface area contributed by atoms with Crippen molar-refractivity contribution < 1.29 is 4.92 Å². The highest BCUT2D eigenvalue weighted by Gasteiger charge is 2.21. The van der Waals surface area contributed by atoms with Crippen LogP contribution in [0.25, 0.3) is 0 Å². The molecule has 0 saturated carbocycles. The van der Waals surface area contributed by atoms with Crippen LogP contribution in [0.15, 0.2) is 12.3 Å². The Balaban J connectivity index is 2.03. The average Bonchev–Trinajstić information content (AvgIpc) is 2.41. The van der Waals surface area contributed by atoms with E-state index in [1.165, 1.54) is 12.3 Å². The average molecular weight is 285 g/mol. The maximum atomic E-state index is 10.6. The molecule has 1 saturated heterocycles. The van der Waals surface area contributed by atoms with Gasteiger partial charge in [-0.3, -0.25) is 10.1 Å². The smallest absolute Gasteiger partial charge is 0.289 e. The zero-order chi connectivity index (χ0) is 13.8. The molecule has 1 aliphatic heterocycles. The highest BCUT2D eigenvalue weighted by molar-refractivity contribution is 6.33. The second-order valence-electron chi connectivity index (χ2n) is 4.82. The van der Waals surface area contributed by atoms with Gasteiger partial charge in [-0.1, -0.05) is 11.6 Å². The molecule has 2 heterocycles. The van der Waals surface area contributed by atoms with Crippen molar-refractivity contribution in [1.82, 2.24) is 10.3 Å². The minimum atomic E-state index is -0.503. The molecule has 2 rings (SSSR count). The molecule has 104 valence electrons. The topological polar surface area (TPSA) is 80.1 Å². The fourth-order valence-corrected chi connectivity index (χ4v) is 2.49. The van der Waals surface area contributed by atoms with E-state index < -0.39 is 4.92 Å². The summed E-state index contributed by atoms with van der Waals surface area (Å²) in [6.07, 6.45) is 3.55. The Morgan fingerprint density at radius 1 is 1.68 bits per heavy atom. The number of nitrogens with zero attached hydrogens (tertiary/aromatic N) is 2. The van der Waals surface area contributed by atoms with Crippen LogP contribution in [0, 0.1) is 16.0 Å². The van der Waals surface area contributed by atoms with Gasteiger partial charge in [0, 0.05) is 12.1 Å². The van der Waals surface area contributed by atoms with Crippen LogP contribution < -0.4 is 10.6 Å². The summed E-state index contributed by atoms with van der Waals surface area (Å²) < 4.78 is 0. The maximum absolute atomic E-state index is 10.6. The zero-order valence-electron chi connectivity index (χ0n) is 10.7. The van der Waals surface area contributed by atoms with Crippen LogP contribution >= 0.6 is 11.6 Å². The molecule has 6 nitrogen and oxygen atoms in total. The molecule has 2 N–H and O–H groups in total. The number of aromatic nitrogens is 1. The van der Waals surface area contributed by atoms with E-state index in [0.29, 0.717) is 11.7 Å². The predicted octanol–water partition coefficient (Wildman–Crippen LogP) is 2.44. The quantitative estimate of drug-likeness (QED) is 0.656. The van der Waals surface area contributed by atoms with Gasteiger partial charge in [0.05, 0.1) is 9.95 Å². The number of anilines is 1. The van der Waals surface area contributed by atoms with Gasteiger partial charge in [0.2, 0.25) is 0 Å². The molecule has 0 spiro atoms. The van der Waals surface area contributed by atoms with Crippen LogP contribution in [0.2, 0.25) is 5.02 Å². The Bertz CT molecular complexity index is 463. The first-order chi connectivity index (χ1) is 9.08. The Morgan fingerprint density at radius 3 is 3.05 bits per heavy atom. The minimum absolute atomic E-state index is 0.0949. The summed E-state index contributed by atoms with van der Waals surface area (Å²) in [6.45, 7) is 4.12. The number of nitrogens with one attached hydrogen (secondary N) is 2. The number of nitro groups is 1. The number of hydrogen-bond donors (Lipinski definition) is 2. The lowest BCUT2D eigenvalue weighted by Crippen LogP contribution is -2.39. The van der Waals surface area contributed by atoms with Crippen LogP contribution in [-0.2, 0) is 0 Å². The van der Waals surface area contributed by atoms with Crippen molar-refractivity contribution in [3.63, 3.8) is 0 Å². The summed E-state index contributed by atoms with van der Waals surface area (Å²) in [4.78, 5) is 14.1. The summed E-state index contributed by atoms with van der Waals surface area (Å²) in [5, 5.41) is 17.5. The van der Waals surface area contributed by atoms with E-state index in [2.05, 4.69) is 22.5 Å². The molecular formula is C12H17ClN4O2. The lowest BCUT2D eigenvalue weighted by molar-refractivity contribution is -0.385. The van der Waals surface area contributed by atoms with Crippen LogP contribution in [0.4, 0.5) is 11.5 Å². The SMILES string of the molecule is CC(Nc1ncc([N+](=O)[O-])cc1Cl)C1CCCNC1. The van der Waals surface area contributed by atoms with Crippen molar-refractivity contribution >= 4 is 23.1 Å². The van der Waals surface area contributed by atoms with Crippen LogP contribution in [0.5, 0.6) is 0 Å². The van der Waals surface area contributed by atoms with Gasteiger partial charge in [0.25, 0.3) is 5.69 Å². The van der Waals surface area contributed by atoms with Gasteiger partial charge in [-0.05, 0) is 38.8 Å². The fourth-order valence-electron chi connectivity index (χ4n) is 2.27. The second kappa shape index (κ2) is 6.16. The Morgan fingerprint density at radius 2 is 2.47 bits per heavy atom. The number of piperidine rings is 1. The van der Waals surface area contributed by atoms with Crippen molar-refractivity contribution in [3.05, 3.63) is 27.4 Å². The van der Waals surface area contributed by atoms with Crippen LogP contribution in [-0.4, -0.2) is 29.0 Å². The van der Waals surface area contributed by atoms with Gasteiger partial charge >= 0.3 is 0 Å². The van der Waals surface area contributed by atoms with E-state index in [-0.39, 0.29) is 16.8 Å². The summed E-state index contributed by atoms with van der Waals surface area (Å²) >= 11 is 6.01. The standard InChI is InChI=1S/C12H17ClN4O2/c1-8(9-3-2-4-14-6-9)16-12-11(13)5-10(7-15-12)17(18)19/h5,7-9,14H,2-4,6H2,1H3,(H,15,16). The van der Waals surface area contributed by atoms with E-state index in [9.17, 15) is 10.1 Å². The molecule has 1 fully saturated rings. The number of hydrogen-bond acceptors (Lipinski definition) is 5. The third-order valence-corrected chi connectivity index (χ3v) is 3.73. The number of pyridine rings is 1. The Labute approximate surface area is 116 Å². The molecule has 1 aliphatic rings. The molecular weight excluding hydrogens is 268 g/mol. The van der Waals surface area contributed by atoms with Crippen molar-refractivity contribution in [2.75, 3.05) is 18.4 Å². The summed E-state index contributed by atoms with van der Waals surface area (Å²) in [7, 11) is 0. The maximum Gasteiger partial charge on any atom is 0.289 e. The third kappa shape index (κ3) is 3.54. The normalized spacial score (nSPS) is 20.8. The highest BCUT2D eigenvalue weighted by atomic mass is 35.5. The lowest BCUT2D eigenvalue weighted by Gasteiger charge is -2.29.